The van der Waals surface area contributed by atoms with Gasteiger partial charge in [-0.05, 0) is 66.2 Å². The molecule has 0 saturated carbocycles. The van der Waals surface area contributed by atoms with Crippen molar-refractivity contribution in [2.24, 2.45) is 0 Å². The number of rotatable bonds is 8. The molecule has 1 atom stereocenters. The van der Waals surface area contributed by atoms with E-state index in [1.807, 2.05) is 12.1 Å². The van der Waals surface area contributed by atoms with Gasteiger partial charge in [-0.25, -0.2) is 22.2 Å². The van der Waals surface area contributed by atoms with E-state index in [-0.39, 0.29) is 16.0 Å². The fraction of sp³-hybridized carbons (Fsp3) is 0.0857. The van der Waals surface area contributed by atoms with Crippen LogP contribution in [0.1, 0.15) is 22.3 Å². The molecule has 2 heterocycles. The molecular formula is C35H24ClF3N2O4S. The highest BCUT2D eigenvalue weighted by Gasteiger charge is 2.27. The molecule has 0 amide bonds. The summed E-state index contributed by atoms with van der Waals surface area (Å²) < 4.78 is 68.0. The number of halogens is 4. The number of pyridine rings is 1. The zero-order valence-electron chi connectivity index (χ0n) is 24.3. The fourth-order valence-electron chi connectivity index (χ4n) is 5.31. The second kappa shape index (κ2) is 12.8. The van der Waals surface area contributed by atoms with Crippen molar-refractivity contribution < 1.29 is 31.6 Å². The molecule has 0 saturated heterocycles. The van der Waals surface area contributed by atoms with Crippen molar-refractivity contribution in [2.75, 3.05) is 14.2 Å². The molecule has 0 radical (unpaired) electrons. The van der Waals surface area contributed by atoms with Gasteiger partial charge in [0, 0.05) is 38.9 Å². The average Bonchev–Trinajstić information content (AvgIpc) is 3.41. The number of hydrogen-bond donors (Lipinski definition) is 0. The third-order valence-corrected chi connectivity index (χ3v) is 9.15. The monoisotopic (exact) mass is 660 g/mol. The molecule has 1 unspecified atom stereocenters. The van der Waals surface area contributed by atoms with Crippen molar-refractivity contribution in [1.29, 1.82) is 0 Å². The zero-order valence-corrected chi connectivity index (χ0v) is 25.9. The summed E-state index contributed by atoms with van der Waals surface area (Å²) in [6, 6.07) is 24.8. The van der Waals surface area contributed by atoms with E-state index in [1.165, 1.54) is 66.7 Å². The maximum absolute atomic E-state index is 14.9. The highest BCUT2D eigenvalue weighted by Crippen LogP contribution is 2.45. The third-order valence-electron chi connectivity index (χ3n) is 7.45. The maximum atomic E-state index is 14.9. The Kier molecular flexibility index (Phi) is 8.66. The quantitative estimate of drug-likeness (QED) is 0.152. The summed E-state index contributed by atoms with van der Waals surface area (Å²) in [4.78, 5) is 16.9. The number of ether oxygens (including phenoxy) is 2. The van der Waals surface area contributed by atoms with Crippen LogP contribution in [0.25, 0.3) is 44.5 Å². The van der Waals surface area contributed by atoms with Gasteiger partial charge >= 0.3 is 5.97 Å². The molecule has 0 bridgehead atoms. The molecule has 0 fully saturated rings. The van der Waals surface area contributed by atoms with Gasteiger partial charge in [-0.3, -0.25) is 8.96 Å². The highest BCUT2D eigenvalue weighted by molar-refractivity contribution is 7.83. The van der Waals surface area contributed by atoms with Gasteiger partial charge in [0.15, 0.2) is 11.0 Å². The number of nitrogens with zero attached hydrogens (tertiary/aromatic N) is 2. The van der Waals surface area contributed by atoms with Gasteiger partial charge in [-0.15, -0.1) is 0 Å². The molecule has 232 valence electrons. The Morgan fingerprint density at radius 1 is 0.913 bits per heavy atom. The lowest BCUT2D eigenvalue weighted by atomic mass is 9.97. The van der Waals surface area contributed by atoms with Crippen molar-refractivity contribution in [3.8, 4) is 39.4 Å². The summed E-state index contributed by atoms with van der Waals surface area (Å²) in [6.45, 7) is 0. The van der Waals surface area contributed by atoms with Crippen molar-refractivity contribution in [2.45, 2.75) is 11.3 Å². The molecule has 2 aromatic heterocycles. The predicted octanol–water partition coefficient (Wildman–Crippen LogP) is 9.13. The van der Waals surface area contributed by atoms with Crippen molar-refractivity contribution in [3.63, 3.8) is 0 Å². The second-order valence-electron chi connectivity index (χ2n) is 10.1. The van der Waals surface area contributed by atoms with Crippen LogP contribution in [-0.2, 0) is 15.7 Å². The average molecular weight is 661 g/mol. The number of esters is 1. The largest absolute Gasteiger partial charge is 0.494 e. The van der Waals surface area contributed by atoms with Crippen molar-refractivity contribution >= 4 is 39.5 Å². The minimum Gasteiger partial charge on any atom is -0.494 e. The first-order valence-electron chi connectivity index (χ1n) is 13.8. The summed E-state index contributed by atoms with van der Waals surface area (Å²) in [7, 11) is 0.786. The summed E-state index contributed by atoms with van der Waals surface area (Å²) >= 11 is 6.63. The first-order chi connectivity index (χ1) is 22.2. The van der Waals surface area contributed by atoms with Gasteiger partial charge in [0.25, 0.3) is 6.43 Å². The van der Waals surface area contributed by atoms with Crippen molar-refractivity contribution in [1.82, 2.24) is 8.96 Å². The Labute approximate surface area is 269 Å². The van der Waals surface area contributed by atoms with Crippen LogP contribution in [0, 0.1) is 5.82 Å². The normalized spacial score (nSPS) is 12.0. The first-order valence-corrected chi connectivity index (χ1v) is 15.3. The van der Waals surface area contributed by atoms with Gasteiger partial charge < -0.3 is 9.47 Å². The van der Waals surface area contributed by atoms with Gasteiger partial charge in [-0.1, -0.05) is 48.0 Å². The molecule has 4 aromatic carbocycles. The smallest absolute Gasteiger partial charge is 0.337 e. The Morgan fingerprint density at radius 2 is 1.67 bits per heavy atom. The molecular weight excluding hydrogens is 637 g/mol. The van der Waals surface area contributed by atoms with Crippen LogP contribution >= 0.6 is 11.6 Å². The number of carbonyl (C=O) groups is 1. The fourth-order valence-corrected chi connectivity index (χ4v) is 6.88. The van der Waals surface area contributed by atoms with Crippen LogP contribution in [-0.4, -0.2) is 33.4 Å². The van der Waals surface area contributed by atoms with E-state index < -0.39 is 29.2 Å². The van der Waals surface area contributed by atoms with E-state index in [0.717, 1.165) is 0 Å². The molecule has 6 aromatic rings. The van der Waals surface area contributed by atoms with E-state index in [4.69, 9.17) is 21.1 Å². The molecule has 0 aliphatic rings. The Hall–Kier alpha value is -4.93. The minimum atomic E-state index is -2.69. The number of carbonyl (C=O) groups excluding carboxylic acids is 1. The van der Waals surface area contributed by atoms with Gasteiger partial charge in [0.05, 0.1) is 35.9 Å². The number of fused-ring (bicyclic) bond motifs is 1. The molecule has 46 heavy (non-hydrogen) atoms. The lowest BCUT2D eigenvalue weighted by Crippen LogP contribution is -2.07. The zero-order chi connectivity index (χ0) is 32.5. The molecule has 0 N–H and O–H groups in total. The topological polar surface area (TPSA) is 70.4 Å². The minimum absolute atomic E-state index is 0.206. The number of alkyl halides is 2. The maximum Gasteiger partial charge on any atom is 0.337 e. The predicted molar refractivity (Wildman–Crippen MR) is 172 cm³/mol. The van der Waals surface area contributed by atoms with Crippen LogP contribution < -0.4 is 4.74 Å². The Morgan fingerprint density at radius 3 is 2.37 bits per heavy atom. The van der Waals surface area contributed by atoms with E-state index in [1.54, 1.807) is 42.6 Å². The lowest BCUT2D eigenvalue weighted by molar-refractivity contribution is 0.0600. The molecule has 0 aliphatic heterocycles. The number of hydrogen-bond acceptors (Lipinski definition) is 5. The number of benzene rings is 4. The Balaban J connectivity index is 1.65. The lowest BCUT2D eigenvalue weighted by Gasteiger charge is -2.15. The number of methoxy groups -OCH3 is 2. The third kappa shape index (κ3) is 5.65. The van der Waals surface area contributed by atoms with Crippen LogP contribution in [0.2, 0.25) is 5.02 Å². The molecule has 6 nitrogen and oxygen atoms in total. The number of aromatic nitrogens is 2. The van der Waals surface area contributed by atoms with Crippen LogP contribution in [0.4, 0.5) is 13.2 Å². The molecule has 11 heteroatoms. The van der Waals surface area contributed by atoms with Crippen LogP contribution in [0.15, 0.2) is 108 Å². The molecule has 0 spiro atoms. The van der Waals surface area contributed by atoms with Gasteiger partial charge in [0.1, 0.15) is 17.3 Å². The highest BCUT2D eigenvalue weighted by atomic mass is 35.5. The first kappa shape index (κ1) is 31.1. The van der Waals surface area contributed by atoms with E-state index in [0.29, 0.717) is 55.3 Å². The van der Waals surface area contributed by atoms with Gasteiger partial charge in [0.2, 0.25) is 0 Å². The molecule has 6 rings (SSSR count). The summed E-state index contributed by atoms with van der Waals surface area (Å²) in [6.07, 6.45) is -1.11. The SMILES string of the molecule is COC(=O)c1ccc(-c2cccc(-c3c(-c4ncccc4OC)c4cc(F)ccc4n3S(=O)c3ccc(C(F)F)cc3)c2)c(Cl)c1. The van der Waals surface area contributed by atoms with Gasteiger partial charge in [-0.2, -0.15) is 0 Å². The summed E-state index contributed by atoms with van der Waals surface area (Å²) in [5.74, 6) is -0.653. The summed E-state index contributed by atoms with van der Waals surface area (Å²) in [5, 5.41) is 0.715. The standard InChI is InChI=1S/C35H24ClF3N2O4S/c1-44-30-7-4-16-40-32(30)31-27-19-24(37)11-15-29(27)41(46(43)25-12-8-20(9-13-25)34(38)39)33(31)22-6-3-5-21(17-22)26-14-10-23(18-28(26)36)35(42)45-2/h3-19,34H,1-2H3. The van der Waals surface area contributed by atoms with Crippen molar-refractivity contribution in [3.05, 3.63) is 125 Å². The second-order valence-corrected chi connectivity index (χ2v) is 11.9. The van der Waals surface area contributed by atoms with Crippen LogP contribution in [0.5, 0.6) is 5.75 Å². The van der Waals surface area contributed by atoms with E-state index in [9.17, 15) is 22.2 Å². The van der Waals surface area contributed by atoms with Crippen LogP contribution in [0.3, 0.4) is 0 Å². The summed E-state index contributed by atoms with van der Waals surface area (Å²) in [5.41, 5.74) is 3.61. The van der Waals surface area contributed by atoms with E-state index in [2.05, 4.69) is 4.98 Å². The Bertz CT molecular complexity index is 2130. The van der Waals surface area contributed by atoms with E-state index >= 15 is 0 Å². The molecule has 0 aliphatic carbocycles.